The molecule has 3 aromatic rings. The Labute approximate surface area is 135 Å². The first-order valence-corrected chi connectivity index (χ1v) is 7.51. The second-order valence-electron chi connectivity index (χ2n) is 4.63. The van der Waals surface area contributed by atoms with E-state index < -0.39 is 0 Å². The molecule has 2 nitrogen and oxygen atoms in total. The van der Waals surface area contributed by atoms with E-state index in [2.05, 4.69) is 20.9 Å². The average Bonchev–Trinajstić information content (AvgIpc) is 2.92. The highest BCUT2D eigenvalue weighted by molar-refractivity contribution is 9.10. The Kier molecular flexibility index (Phi) is 4.08. The quantitative estimate of drug-likeness (QED) is 0.627. The summed E-state index contributed by atoms with van der Waals surface area (Å²) in [5.74, 6) is 0.592. The summed E-state index contributed by atoms with van der Waals surface area (Å²) >= 11 is 9.11. The lowest BCUT2D eigenvalue weighted by molar-refractivity contribution is 0.619. The number of halogens is 3. The van der Waals surface area contributed by atoms with Crippen LogP contribution in [0.3, 0.4) is 0 Å². The Balaban J connectivity index is 1.92. The van der Waals surface area contributed by atoms with Crippen molar-refractivity contribution in [2.24, 2.45) is 0 Å². The van der Waals surface area contributed by atoms with Gasteiger partial charge in [-0.2, -0.15) is 0 Å². The Morgan fingerprint density at radius 2 is 1.90 bits per heavy atom. The number of hydrogen-bond acceptors (Lipinski definition) is 1. The van der Waals surface area contributed by atoms with Crippen molar-refractivity contribution in [3.63, 3.8) is 0 Å². The van der Waals surface area contributed by atoms with Crippen LogP contribution < -0.4 is 0 Å². The van der Waals surface area contributed by atoms with Crippen LogP contribution in [0.5, 0.6) is 0 Å². The highest BCUT2D eigenvalue weighted by atomic mass is 79.9. The third-order valence-corrected chi connectivity index (χ3v) is 4.01. The molecule has 0 saturated heterocycles. The zero-order chi connectivity index (χ0) is 14.8. The van der Waals surface area contributed by atoms with Crippen molar-refractivity contribution < 1.29 is 4.39 Å². The Hall–Kier alpha value is -1.65. The Morgan fingerprint density at radius 1 is 1.14 bits per heavy atom. The van der Waals surface area contributed by atoms with E-state index in [1.807, 2.05) is 35.0 Å². The molecular weight excluding hydrogens is 355 g/mol. The first kappa shape index (κ1) is 14.3. The molecule has 3 rings (SSSR count). The predicted molar refractivity (Wildman–Crippen MR) is 85.9 cm³/mol. The van der Waals surface area contributed by atoms with Gasteiger partial charge in [0, 0.05) is 29.5 Å². The maximum Gasteiger partial charge on any atom is 0.140 e. The van der Waals surface area contributed by atoms with E-state index in [4.69, 9.17) is 11.6 Å². The van der Waals surface area contributed by atoms with Crippen molar-refractivity contribution >= 4 is 27.5 Å². The number of nitrogens with zero attached hydrogens (tertiary/aromatic N) is 2. The Morgan fingerprint density at radius 3 is 2.62 bits per heavy atom. The van der Waals surface area contributed by atoms with Crippen LogP contribution in [-0.4, -0.2) is 9.55 Å². The molecule has 0 fully saturated rings. The molecule has 21 heavy (non-hydrogen) atoms. The zero-order valence-corrected chi connectivity index (χ0v) is 13.3. The highest BCUT2D eigenvalue weighted by Gasteiger charge is 2.07. The largest absolute Gasteiger partial charge is 0.327 e. The van der Waals surface area contributed by atoms with Gasteiger partial charge in [0.2, 0.25) is 0 Å². The molecule has 0 unspecified atom stereocenters. The number of aromatic nitrogens is 2. The summed E-state index contributed by atoms with van der Waals surface area (Å²) in [5.41, 5.74) is 1.99. The van der Waals surface area contributed by atoms with Gasteiger partial charge in [-0.25, -0.2) is 9.37 Å². The van der Waals surface area contributed by atoms with Crippen LogP contribution in [0.1, 0.15) is 5.56 Å². The average molecular weight is 366 g/mol. The van der Waals surface area contributed by atoms with Gasteiger partial charge >= 0.3 is 0 Å². The molecule has 0 atom stereocenters. The van der Waals surface area contributed by atoms with Gasteiger partial charge in [0.1, 0.15) is 11.6 Å². The van der Waals surface area contributed by atoms with Gasteiger partial charge in [0.15, 0.2) is 0 Å². The topological polar surface area (TPSA) is 17.8 Å². The summed E-state index contributed by atoms with van der Waals surface area (Å²) < 4.78 is 15.8. The fourth-order valence-electron chi connectivity index (χ4n) is 2.13. The molecule has 0 aliphatic heterocycles. The van der Waals surface area contributed by atoms with Gasteiger partial charge in [0.25, 0.3) is 0 Å². The fraction of sp³-hybridized carbons (Fsp3) is 0.0625. The lowest BCUT2D eigenvalue weighted by Crippen LogP contribution is -2.01. The highest BCUT2D eigenvalue weighted by Crippen LogP contribution is 2.22. The molecular formula is C16H11BrClFN2. The van der Waals surface area contributed by atoms with Gasteiger partial charge in [0.05, 0.1) is 4.47 Å². The van der Waals surface area contributed by atoms with Crippen LogP contribution in [0, 0.1) is 5.82 Å². The minimum absolute atomic E-state index is 0.262. The molecule has 2 aromatic carbocycles. The molecule has 0 aliphatic carbocycles. The molecule has 0 radical (unpaired) electrons. The lowest BCUT2D eigenvalue weighted by Gasteiger charge is -2.09. The van der Waals surface area contributed by atoms with Crippen molar-refractivity contribution in [3.05, 3.63) is 75.7 Å². The van der Waals surface area contributed by atoms with Gasteiger partial charge in [-0.15, -0.1) is 0 Å². The van der Waals surface area contributed by atoms with Gasteiger partial charge in [-0.3, -0.25) is 0 Å². The molecule has 0 aliphatic rings. The van der Waals surface area contributed by atoms with Gasteiger partial charge in [-0.05, 0) is 57.9 Å². The molecule has 5 heteroatoms. The van der Waals surface area contributed by atoms with E-state index in [1.165, 1.54) is 6.07 Å². The number of hydrogen-bond donors (Lipinski definition) is 0. The van der Waals surface area contributed by atoms with E-state index in [-0.39, 0.29) is 5.82 Å². The molecule has 106 valence electrons. The maximum atomic E-state index is 13.3. The molecule has 1 aromatic heterocycles. The van der Waals surface area contributed by atoms with Crippen molar-refractivity contribution in [3.8, 4) is 11.4 Å². The molecule has 0 amide bonds. The van der Waals surface area contributed by atoms with Gasteiger partial charge in [-0.1, -0.05) is 17.7 Å². The number of benzene rings is 2. The van der Waals surface area contributed by atoms with Crippen molar-refractivity contribution in [1.82, 2.24) is 9.55 Å². The van der Waals surface area contributed by atoms with E-state index in [1.54, 1.807) is 18.3 Å². The fourth-order valence-corrected chi connectivity index (χ4v) is 2.68. The summed E-state index contributed by atoms with van der Waals surface area (Å²) in [6.07, 6.45) is 3.66. The first-order chi connectivity index (χ1) is 10.1. The number of imidazole rings is 1. The SMILES string of the molecule is Fc1ccc(Cn2ccnc2-c2ccc(Cl)cc2)cc1Br. The van der Waals surface area contributed by atoms with E-state index in [0.717, 1.165) is 17.0 Å². The summed E-state index contributed by atoms with van der Waals surface area (Å²) in [5, 5.41) is 0.694. The van der Waals surface area contributed by atoms with Crippen LogP contribution in [-0.2, 0) is 6.54 Å². The second-order valence-corrected chi connectivity index (χ2v) is 5.92. The first-order valence-electron chi connectivity index (χ1n) is 6.34. The van der Waals surface area contributed by atoms with Gasteiger partial charge < -0.3 is 4.57 Å². The number of rotatable bonds is 3. The van der Waals surface area contributed by atoms with Crippen molar-refractivity contribution in [2.75, 3.05) is 0 Å². The van der Waals surface area contributed by atoms with E-state index in [0.29, 0.717) is 16.0 Å². The molecule has 0 spiro atoms. The summed E-state index contributed by atoms with van der Waals surface area (Å²) in [6, 6.07) is 12.5. The molecule has 0 saturated carbocycles. The zero-order valence-electron chi connectivity index (χ0n) is 10.9. The molecule has 0 N–H and O–H groups in total. The lowest BCUT2D eigenvalue weighted by atomic mass is 10.2. The second kappa shape index (κ2) is 6.00. The Bertz CT molecular complexity index is 768. The standard InChI is InChI=1S/C16H11BrClFN2/c17-14-9-11(1-6-15(14)19)10-21-8-7-20-16(21)12-2-4-13(18)5-3-12/h1-9H,10H2. The third kappa shape index (κ3) is 3.17. The predicted octanol–water partition coefficient (Wildman–Crippen LogP) is 5.15. The summed E-state index contributed by atoms with van der Waals surface area (Å²) in [7, 11) is 0. The maximum absolute atomic E-state index is 13.3. The molecule has 1 heterocycles. The summed E-state index contributed by atoms with van der Waals surface area (Å²) in [6.45, 7) is 0.622. The minimum Gasteiger partial charge on any atom is -0.327 e. The molecule has 0 bridgehead atoms. The van der Waals surface area contributed by atoms with E-state index >= 15 is 0 Å². The normalized spacial score (nSPS) is 10.8. The monoisotopic (exact) mass is 364 g/mol. The smallest absolute Gasteiger partial charge is 0.140 e. The van der Waals surface area contributed by atoms with Crippen LogP contribution in [0.4, 0.5) is 4.39 Å². The third-order valence-electron chi connectivity index (χ3n) is 3.15. The van der Waals surface area contributed by atoms with Crippen LogP contribution in [0.25, 0.3) is 11.4 Å². The summed E-state index contributed by atoms with van der Waals surface area (Å²) in [4.78, 5) is 4.39. The minimum atomic E-state index is -0.262. The van der Waals surface area contributed by atoms with Crippen LogP contribution >= 0.6 is 27.5 Å². The van der Waals surface area contributed by atoms with Crippen molar-refractivity contribution in [1.29, 1.82) is 0 Å². The van der Waals surface area contributed by atoms with Crippen LogP contribution in [0.15, 0.2) is 59.3 Å². The van der Waals surface area contributed by atoms with Crippen molar-refractivity contribution in [2.45, 2.75) is 6.54 Å². The van der Waals surface area contributed by atoms with Crippen LogP contribution in [0.2, 0.25) is 5.02 Å². The van der Waals surface area contributed by atoms with E-state index in [9.17, 15) is 4.39 Å².